The van der Waals surface area contributed by atoms with Crippen LogP contribution in [0.4, 0.5) is 0 Å². The molecule has 2 aliphatic rings. The van der Waals surface area contributed by atoms with Crippen molar-refractivity contribution in [3.63, 3.8) is 0 Å². The van der Waals surface area contributed by atoms with Crippen LogP contribution in [0, 0.1) is 11.3 Å². The zero-order valence-corrected chi connectivity index (χ0v) is 12.7. The first kappa shape index (κ1) is 13.9. The van der Waals surface area contributed by atoms with E-state index in [1.54, 1.807) is 0 Å². The fourth-order valence-corrected chi connectivity index (χ4v) is 4.17. The Morgan fingerprint density at radius 2 is 2.00 bits per heavy atom. The molecule has 0 aromatic heterocycles. The van der Waals surface area contributed by atoms with E-state index in [4.69, 9.17) is 11.6 Å². The molecule has 0 radical (unpaired) electrons. The highest BCUT2D eigenvalue weighted by Crippen LogP contribution is 2.53. The maximum absolute atomic E-state index is 11.5. The zero-order chi connectivity index (χ0) is 14.2. The van der Waals surface area contributed by atoms with E-state index in [1.807, 2.05) is 24.3 Å². The third-order valence-corrected chi connectivity index (χ3v) is 5.56. The predicted molar refractivity (Wildman–Crippen MR) is 83.7 cm³/mol. The number of rotatable bonds is 2. The molecule has 3 rings (SSSR count). The molecule has 1 aromatic carbocycles. The molecule has 2 heteroatoms. The maximum Gasteiger partial charge on any atom is 0.146 e. The predicted octanol–water partition coefficient (Wildman–Crippen LogP) is 5.28. The zero-order valence-electron chi connectivity index (χ0n) is 12.0. The summed E-state index contributed by atoms with van der Waals surface area (Å²) in [5.74, 6) is 0.727. The lowest BCUT2D eigenvalue weighted by Crippen LogP contribution is -2.35. The molecule has 0 saturated heterocycles. The highest BCUT2D eigenvalue weighted by Gasteiger charge is 2.41. The first-order valence-corrected chi connectivity index (χ1v) is 7.93. The molecule has 0 N–H and O–H groups in total. The number of carbonyl (C=O) groups is 1. The number of fused-ring (bicyclic) bond motifs is 1. The molecule has 1 nitrogen and oxygen atoms in total. The first-order valence-electron chi connectivity index (χ1n) is 7.55. The van der Waals surface area contributed by atoms with Crippen LogP contribution >= 0.6 is 11.6 Å². The van der Waals surface area contributed by atoms with Crippen LogP contribution in [0.5, 0.6) is 0 Å². The summed E-state index contributed by atoms with van der Waals surface area (Å²) in [7, 11) is 0. The second-order valence-corrected chi connectivity index (χ2v) is 7.04. The van der Waals surface area contributed by atoms with Gasteiger partial charge in [-0.05, 0) is 65.9 Å². The largest absolute Gasteiger partial charge is 0.298 e. The van der Waals surface area contributed by atoms with Gasteiger partial charge in [0.05, 0.1) is 0 Å². The third kappa shape index (κ3) is 2.44. The van der Waals surface area contributed by atoms with Crippen molar-refractivity contribution < 1.29 is 4.79 Å². The standard InChI is InChI=1S/C18H21ClO/c1-18-9-3-2-4-15(18)10-17(14(11-18)12-20)13-5-7-16(19)8-6-13/h5-8,12,15H,2-4,9-11H2,1H3/t15-,18+/m1/s1. The van der Waals surface area contributed by atoms with Crippen molar-refractivity contribution in [3.8, 4) is 0 Å². The summed E-state index contributed by atoms with van der Waals surface area (Å²) in [6.07, 6.45) is 8.30. The molecule has 0 aliphatic heterocycles. The van der Waals surface area contributed by atoms with Crippen LogP contribution in [0.3, 0.4) is 0 Å². The summed E-state index contributed by atoms with van der Waals surface area (Å²) < 4.78 is 0. The third-order valence-electron chi connectivity index (χ3n) is 5.30. The minimum atomic E-state index is 0.338. The van der Waals surface area contributed by atoms with Crippen LogP contribution in [0.15, 0.2) is 29.8 Å². The van der Waals surface area contributed by atoms with E-state index >= 15 is 0 Å². The first-order chi connectivity index (χ1) is 9.62. The number of hydrogen-bond donors (Lipinski definition) is 0. The van der Waals surface area contributed by atoms with Crippen molar-refractivity contribution in [1.82, 2.24) is 0 Å². The summed E-state index contributed by atoms with van der Waals surface area (Å²) in [5, 5.41) is 0.750. The van der Waals surface area contributed by atoms with Gasteiger partial charge in [-0.3, -0.25) is 4.79 Å². The van der Waals surface area contributed by atoms with Crippen molar-refractivity contribution in [2.24, 2.45) is 11.3 Å². The molecule has 0 amide bonds. The summed E-state index contributed by atoms with van der Waals surface area (Å²) in [6, 6.07) is 7.93. The lowest BCUT2D eigenvalue weighted by atomic mass is 9.59. The number of benzene rings is 1. The molecule has 106 valence electrons. The topological polar surface area (TPSA) is 17.1 Å². The van der Waals surface area contributed by atoms with Crippen molar-refractivity contribution in [3.05, 3.63) is 40.4 Å². The van der Waals surface area contributed by atoms with Crippen molar-refractivity contribution in [2.45, 2.75) is 45.4 Å². The quantitative estimate of drug-likeness (QED) is 0.676. The van der Waals surface area contributed by atoms with Gasteiger partial charge in [0.2, 0.25) is 0 Å². The van der Waals surface area contributed by atoms with Crippen LogP contribution in [0.25, 0.3) is 5.57 Å². The Labute approximate surface area is 126 Å². The molecule has 2 aliphatic carbocycles. The normalized spacial score (nSPS) is 30.0. The van der Waals surface area contributed by atoms with E-state index in [9.17, 15) is 4.79 Å². The number of carbonyl (C=O) groups excluding carboxylic acids is 1. The molecule has 2 atom stereocenters. The smallest absolute Gasteiger partial charge is 0.146 e. The molecule has 1 saturated carbocycles. The molecule has 0 bridgehead atoms. The lowest BCUT2D eigenvalue weighted by Gasteiger charge is -2.46. The fourth-order valence-electron chi connectivity index (χ4n) is 4.04. The molecule has 1 fully saturated rings. The van der Waals surface area contributed by atoms with Crippen LogP contribution < -0.4 is 0 Å². The number of allylic oxidation sites excluding steroid dienone is 2. The second kappa shape index (κ2) is 5.37. The van der Waals surface area contributed by atoms with Gasteiger partial charge in [-0.2, -0.15) is 0 Å². The Morgan fingerprint density at radius 3 is 2.70 bits per heavy atom. The fraction of sp³-hybridized carbons (Fsp3) is 0.500. The van der Waals surface area contributed by atoms with Crippen molar-refractivity contribution in [2.75, 3.05) is 0 Å². The van der Waals surface area contributed by atoms with E-state index in [-0.39, 0.29) is 0 Å². The molecular weight excluding hydrogens is 268 g/mol. The molecular formula is C18H21ClO. The molecule has 0 spiro atoms. The van der Waals surface area contributed by atoms with E-state index in [0.29, 0.717) is 5.41 Å². The van der Waals surface area contributed by atoms with Gasteiger partial charge in [-0.25, -0.2) is 0 Å². The minimum absolute atomic E-state index is 0.338. The SMILES string of the molecule is C[C@@]12CCCC[C@@H]1CC(c1ccc(Cl)cc1)=C(C=O)C2. The van der Waals surface area contributed by atoms with Gasteiger partial charge in [-0.1, -0.05) is 43.5 Å². The van der Waals surface area contributed by atoms with Crippen LogP contribution in [-0.2, 0) is 4.79 Å². The Hall–Kier alpha value is -1.08. The average molecular weight is 289 g/mol. The number of halogens is 1. The van der Waals surface area contributed by atoms with E-state index in [1.165, 1.54) is 36.8 Å². The van der Waals surface area contributed by atoms with Gasteiger partial charge in [0.25, 0.3) is 0 Å². The van der Waals surface area contributed by atoms with Crippen LogP contribution in [0.1, 0.15) is 51.0 Å². The van der Waals surface area contributed by atoms with Crippen LogP contribution in [-0.4, -0.2) is 6.29 Å². The van der Waals surface area contributed by atoms with Gasteiger partial charge in [0.15, 0.2) is 0 Å². The van der Waals surface area contributed by atoms with E-state index in [2.05, 4.69) is 6.92 Å². The van der Waals surface area contributed by atoms with Gasteiger partial charge < -0.3 is 0 Å². The Balaban J connectivity index is 1.99. The Kier molecular flexibility index (Phi) is 3.72. The highest BCUT2D eigenvalue weighted by molar-refractivity contribution is 6.30. The molecule has 0 heterocycles. The van der Waals surface area contributed by atoms with Gasteiger partial charge in [0.1, 0.15) is 6.29 Å². The summed E-state index contributed by atoms with van der Waals surface area (Å²) >= 11 is 5.97. The van der Waals surface area contributed by atoms with Gasteiger partial charge in [-0.15, -0.1) is 0 Å². The summed E-state index contributed by atoms with van der Waals surface area (Å²) in [4.78, 5) is 11.5. The Bertz CT molecular complexity index is 543. The minimum Gasteiger partial charge on any atom is -0.298 e. The van der Waals surface area contributed by atoms with Gasteiger partial charge in [0, 0.05) is 5.02 Å². The van der Waals surface area contributed by atoms with Gasteiger partial charge >= 0.3 is 0 Å². The molecule has 0 unspecified atom stereocenters. The maximum atomic E-state index is 11.5. The summed E-state index contributed by atoms with van der Waals surface area (Å²) in [5.41, 5.74) is 3.77. The van der Waals surface area contributed by atoms with Crippen LogP contribution in [0.2, 0.25) is 5.02 Å². The monoisotopic (exact) mass is 288 g/mol. The number of aldehydes is 1. The Morgan fingerprint density at radius 1 is 1.25 bits per heavy atom. The van der Waals surface area contributed by atoms with E-state index in [0.717, 1.165) is 35.6 Å². The molecule has 1 aromatic rings. The second-order valence-electron chi connectivity index (χ2n) is 6.61. The molecule has 20 heavy (non-hydrogen) atoms. The number of hydrogen-bond acceptors (Lipinski definition) is 1. The highest BCUT2D eigenvalue weighted by atomic mass is 35.5. The summed E-state index contributed by atoms with van der Waals surface area (Å²) in [6.45, 7) is 2.37. The van der Waals surface area contributed by atoms with Crippen molar-refractivity contribution >= 4 is 23.5 Å². The average Bonchev–Trinajstić information content (AvgIpc) is 2.46. The van der Waals surface area contributed by atoms with E-state index < -0.39 is 0 Å². The van der Waals surface area contributed by atoms with Crippen molar-refractivity contribution in [1.29, 1.82) is 0 Å². The lowest BCUT2D eigenvalue weighted by molar-refractivity contribution is -0.105.